The van der Waals surface area contributed by atoms with Gasteiger partial charge < -0.3 is 14.2 Å². The number of ether oxygens (including phenoxy) is 3. The second kappa shape index (κ2) is 10.5. The molecule has 0 saturated carbocycles. The van der Waals surface area contributed by atoms with Crippen molar-refractivity contribution in [1.82, 2.24) is 9.97 Å². The number of aromatic nitrogens is 2. The highest BCUT2D eigenvalue weighted by Crippen LogP contribution is 2.38. The third kappa shape index (κ3) is 5.13. The Kier molecular flexibility index (Phi) is 7.30. The van der Waals surface area contributed by atoms with Crippen molar-refractivity contribution < 1.29 is 19.0 Å². The van der Waals surface area contributed by atoms with Crippen LogP contribution in [0.2, 0.25) is 5.02 Å². The maximum absolute atomic E-state index is 13.4. The van der Waals surface area contributed by atoms with Crippen LogP contribution < -0.4 is 19.1 Å². The summed E-state index contributed by atoms with van der Waals surface area (Å²) in [5, 5.41) is 1.19. The molecule has 34 heavy (non-hydrogen) atoms. The standard InChI is InChI=1S/C25H22ClN3O4S/c1-31-20-11-16(12-21(32-2)24(20)33-3)6-9-23(30)29(15-17-5-4-10-27-14-17)25-28-19-8-7-18(26)13-22(19)34-25/h4-14H,15H2,1-3H3/b9-6+. The zero-order chi connectivity index (χ0) is 24.1. The number of halogens is 1. The van der Waals surface area contributed by atoms with Gasteiger partial charge in [0.2, 0.25) is 5.75 Å². The summed E-state index contributed by atoms with van der Waals surface area (Å²) in [5.74, 6) is 1.26. The van der Waals surface area contributed by atoms with Gasteiger partial charge in [0.1, 0.15) is 0 Å². The van der Waals surface area contributed by atoms with E-state index >= 15 is 0 Å². The summed E-state index contributed by atoms with van der Waals surface area (Å²) in [6.45, 7) is 0.319. The van der Waals surface area contributed by atoms with E-state index in [0.29, 0.717) is 33.9 Å². The van der Waals surface area contributed by atoms with Crippen LogP contribution in [0, 0.1) is 0 Å². The number of rotatable bonds is 8. The van der Waals surface area contributed by atoms with E-state index in [0.717, 1.165) is 21.3 Å². The Morgan fingerprint density at radius 3 is 2.50 bits per heavy atom. The molecule has 0 saturated heterocycles. The van der Waals surface area contributed by atoms with Crippen LogP contribution in [0.1, 0.15) is 11.1 Å². The molecule has 9 heteroatoms. The summed E-state index contributed by atoms with van der Waals surface area (Å²) in [6.07, 6.45) is 6.62. The average Bonchev–Trinajstić information content (AvgIpc) is 3.28. The third-order valence-corrected chi connectivity index (χ3v) is 6.28. The Hall–Kier alpha value is -3.62. The Morgan fingerprint density at radius 1 is 1.09 bits per heavy atom. The molecule has 0 aliphatic heterocycles. The Morgan fingerprint density at radius 2 is 1.85 bits per heavy atom. The molecular formula is C25H22ClN3O4S. The van der Waals surface area contributed by atoms with Crippen LogP contribution in [-0.2, 0) is 11.3 Å². The van der Waals surface area contributed by atoms with Crippen LogP contribution in [0.25, 0.3) is 16.3 Å². The van der Waals surface area contributed by atoms with Gasteiger partial charge in [-0.15, -0.1) is 0 Å². The fourth-order valence-corrected chi connectivity index (χ4v) is 4.62. The molecule has 0 spiro atoms. The maximum atomic E-state index is 13.4. The van der Waals surface area contributed by atoms with Crippen molar-refractivity contribution in [3.8, 4) is 17.2 Å². The predicted molar refractivity (Wildman–Crippen MR) is 135 cm³/mol. The van der Waals surface area contributed by atoms with Crippen LogP contribution in [0.3, 0.4) is 0 Å². The molecular weight excluding hydrogens is 474 g/mol. The zero-order valence-electron chi connectivity index (χ0n) is 18.8. The van der Waals surface area contributed by atoms with Crippen LogP contribution in [0.5, 0.6) is 17.2 Å². The van der Waals surface area contributed by atoms with Crippen molar-refractivity contribution >= 4 is 50.3 Å². The minimum absolute atomic E-state index is 0.234. The number of hydrogen-bond acceptors (Lipinski definition) is 7. The quantitative estimate of drug-likeness (QED) is 0.295. The van der Waals surface area contributed by atoms with E-state index in [4.69, 9.17) is 25.8 Å². The fraction of sp³-hybridized carbons (Fsp3) is 0.160. The van der Waals surface area contributed by atoms with Crippen LogP contribution in [0.4, 0.5) is 5.13 Å². The molecule has 1 amide bonds. The molecule has 174 valence electrons. The van der Waals surface area contributed by atoms with Gasteiger partial charge in [0, 0.05) is 23.5 Å². The summed E-state index contributed by atoms with van der Waals surface area (Å²) in [5.41, 5.74) is 2.39. The summed E-state index contributed by atoms with van der Waals surface area (Å²) in [7, 11) is 4.64. The van der Waals surface area contributed by atoms with Crippen LogP contribution >= 0.6 is 22.9 Å². The lowest BCUT2D eigenvalue weighted by Gasteiger charge is -2.18. The van der Waals surface area contributed by atoms with Gasteiger partial charge in [-0.05, 0) is 53.6 Å². The Balaban J connectivity index is 1.68. The number of thiazole rings is 1. The highest BCUT2D eigenvalue weighted by molar-refractivity contribution is 7.22. The number of carbonyl (C=O) groups is 1. The topological polar surface area (TPSA) is 73.8 Å². The fourth-order valence-electron chi connectivity index (χ4n) is 3.37. The lowest BCUT2D eigenvalue weighted by atomic mass is 10.1. The summed E-state index contributed by atoms with van der Waals surface area (Å²) in [6, 6.07) is 12.8. The molecule has 4 aromatic rings. The molecule has 0 aliphatic rings. The van der Waals surface area contributed by atoms with Gasteiger partial charge in [0.25, 0.3) is 5.91 Å². The molecule has 0 radical (unpaired) electrons. The van der Waals surface area contributed by atoms with Gasteiger partial charge in [-0.3, -0.25) is 14.7 Å². The number of nitrogens with zero attached hydrogens (tertiary/aromatic N) is 3. The molecule has 2 heterocycles. The number of benzene rings is 2. The highest BCUT2D eigenvalue weighted by atomic mass is 35.5. The number of carbonyl (C=O) groups excluding carboxylic acids is 1. The molecule has 0 atom stereocenters. The zero-order valence-corrected chi connectivity index (χ0v) is 20.4. The van der Waals surface area contributed by atoms with Crippen LogP contribution in [0.15, 0.2) is 60.9 Å². The van der Waals surface area contributed by atoms with Gasteiger partial charge in [-0.25, -0.2) is 4.98 Å². The second-order valence-corrected chi connectivity index (χ2v) is 8.63. The molecule has 2 aromatic heterocycles. The van der Waals surface area contributed by atoms with Crippen molar-refractivity contribution in [3.05, 3.63) is 77.1 Å². The van der Waals surface area contributed by atoms with E-state index in [9.17, 15) is 4.79 Å². The van der Waals surface area contributed by atoms with Gasteiger partial charge in [0.15, 0.2) is 16.6 Å². The smallest absolute Gasteiger partial charge is 0.253 e. The number of hydrogen-bond donors (Lipinski definition) is 0. The van der Waals surface area contributed by atoms with E-state index in [1.165, 1.54) is 17.4 Å². The number of methoxy groups -OCH3 is 3. The van der Waals surface area contributed by atoms with Gasteiger partial charge in [-0.1, -0.05) is 29.0 Å². The average molecular weight is 496 g/mol. The van der Waals surface area contributed by atoms with E-state index in [1.54, 1.807) is 62.9 Å². The Bertz CT molecular complexity index is 1320. The van der Waals surface area contributed by atoms with Crippen LogP contribution in [-0.4, -0.2) is 37.2 Å². The summed E-state index contributed by atoms with van der Waals surface area (Å²) >= 11 is 7.54. The molecule has 0 N–H and O–H groups in total. The molecule has 0 bridgehead atoms. The lowest BCUT2D eigenvalue weighted by Crippen LogP contribution is -2.28. The molecule has 7 nitrogen and oxygen atoms in total. The second-order valence-electron chi connectivity index (χ2n) is 7.19. The van der Waals surface area contributed by atoms with E-state index < -0.39 is 0 Å². The van der Waals surface area contributed by atoms with Crippen molar-refractivity contribution in [1.29, 1.82) is 0 Å². The van der Waals surface area contributed by atoms with Crippen molar-refractivity contribution in [2.45, 2.75) is 6.54 Å². The molecule has 2 aromatic carbocycles. The van der Waals surface area contributed by atoms with Crippen molar-refractivity contribution in [3.63, 3.8) is 0 Å². The first kappa shape index (κ1) is 23.5. The Labute approximate surface area is 206 Å². The molecule has 0 unspecified atom stereocenters. The minimum atomic E-state index is -0.234. The first-order valence-corrected chi connectivity index (χ1v) is 11.5. The largest absolute Gasteiger partial charge is 0.493 e. The highest BCUT2D eigenvalue weighted by Gasteiger charge is 2.19. The van der Waals surface area contributed by atoms with Crippen molar-refractivity contribution in [2.24, 2.45) is 0 Å². The lowest BCUT2D eigenvalue weighted by molar-refractivity contribution is -0.114. The molecule has 4 rings (SSSR count). The van der Waals surface area contributed by atoms with Crippen molar-refractivity contribution in [2.75, 3.05) is 26.2 Å². The van der Waals surface area contributed by atoms with Gasteiger partial charge >= 0.3 is 0 Å². The third-order valence-electron chi connectivity index (χ3n) is 5.01. The maximum Gasteiger partial charge on any atom is 0.253 e. The van der Waals surface area contributed by atoms with Gasteiger partial charge in [0.05, 0.1) is 38.1 Å². The molecule has 0 fully saturated rings. The number of amides is 1. The normalized spacial score (nSPS) is 11.1. The summed E-state index contributed by atoms with van der Waals surface area (Å²) in [4.78, 5) is 23.8. The summed E-state index contributed by atoms with van der Waals surface area (Å²) < 4.78 is 17.1. The van der Waals surface area contributed by atoms with E-state index in [-0.39, 0.29) is 5.91 Å². The number of anilines is 1. The minimum Gasteiger partial charge on any atom is -0.493 e. The monoisotopic (exact) mass is 495 g/mol. The predicted octanol–water partition coefficient (Wildman–Crippen LogP) is 5.62. The molecule has 0 aliphatic carbocycles. The van der Waals surface area contributed by atoms with Gasteiger partial charge in [-0.2, -0.15) is 0 Å². The number of pyridine rings is 1. The first-order chi connectivity index (χ1) is 16.5. The first-order valence-electron chi connectivity index (χ1n) is 10.3. The number of fused-ring (bicyclic) bond motifs is 1. The van der Waals surface area contributed by atoms with E-state index in [1.807, 2.05) is 24.3 Å². The SMILES string of the molecule is COc1cc(/C=C/C(=O)N(Cc2cccnc2)c2nc3ccc(Cl)cc3s2)cc(OC)c1OC. The van der Waals surface area contributed by atoms with E-state index in [2.05, 4.69) is 9.97 Å².